The number of ether oxygens (including phenoxy) is 6. The number of hydrogen-bond donors (Lipinski definition) is 14. The van der Waals surface area contributed by atoms with Gasteiger partial charge in [0.15, 0.2) is 18.9 Å². The molecule has 0 aromatic heterocycles. The lowest BCUT2D eigenvalue weighted by atomic mass is 9.94. The fraction of sp³-hybridized carbons (Fsp3) is 1.00. The Morgan fingerprint density at radius 3 is 1.73 bits per heavy atom. The average molecular weight is 651 g/mol. The van der Waals surface area contributed by atoms with Gasteiger partial charge in [-0.25, -0.2) is 0 Å². The number of aliphatic hydroxyl groups excluding tert-OH is 12. The van der Waals surface area contributed by atoms with Gasteiger partial charge in [-0.05, 0) is 6.92 Å². The van der Waals surface area contributed by atoms with E-state index in [9.17, 15) is 61.3 Å². The molecule has 3 aliphatic heterocycles. The fourth-order valence-electron chi connectivity index (χ4n) is 5.16. The van der Waals surface area contributed by atoms with Crippen LogP contribution in [0.1, 0.15) is 6.92 Å². The van der Waals surface area contributed by atoms with E-state index >= 15 is 0 Å². The summed E-state index contributed by atoms with van der Waals surface area (Å²) in [5.41, 5.74) is 12.3. The van der Waals surface area contributed by atoms with Crippen LogP contribution in [-0.2, 0) is 28.4 Å². The molecular formula is C24H46N2O18. The van der Waals surface area contributed by atoms with Gasteiger partial charge < -0.3 is 101 Å². The molecule has 0 saturated carbocycles. The van der Waals surface area contributed by atoms with Gasteiger partial charge >= 0.3 is 0 Å². The third-order valence-corrected chi connectivity index (χ3v) is 7.95. The predicted octanol–water partition coefficient (Wildman–Crippen LogP) is -9.15. The van der Waals surface area contributed by atoms with E-state index in [0.717, 1.165) is 0 Å². The Morgan fingerprint density at radius 1 is 0.659 bits per heavy atom. The standard InChI is InChI=1S/C24H46N2O18/c1-6-12(32)15(35)17(37)23(39-6)44-21-11(26)22(42-19(7(25)2-27)13(33)8(31)3-28)41-10(5-30)20(21)43-24-18(38)16(36)14(34)9(4-29)40-24/h6-24,27-38H,2-5,25-26H2,1H3/t6-,7-,8+,9+,10+,11+,12+,13-,14-,15+,16-,17-,18+,19+,20+,21+,22+,23-,24-/m0/s1. The zero-order valence-corrected chi connectivity index (χ0v) is 23.8. The summed E-state index contributed by atoms with van der Waals surface area (Å²) in [6.45, 7) is -1.98. The minimum atomic E-state index is -1.91. The van der Waals surface area contributed by atoms with Crippen LogP contribution in [0.15, 0.2) is 0 Å². The largest absolute Gasteiger partial charge is 0.395 e. The molecule has 260 valence electrons. The van der Waals surface area contributed by atoms with E-state index in [1.54, 1.807) is 0 Å². The van der Waals surface area contributed by atoms with Crippen molar-refractivity contribution < 1.29 is 89.7 Å². The normalized spacial score (nSPS) is 46.3. The summed E-state index contributed by atoms with van der Waals surface area (Å²) >= 11 is 0. The molecule has 19 atom stereocenters. The summed E-state index contributed by atoms with van der Waals surface area (Å²) < 4.78 is 34.1. The first-order valence-electron chi connectivity index (χ1n) is 14.0. The highest BCUT2D eigenvalue weighted by molar-refractivity contribution is 4.99. The van der Waals surface area contributed by atoms with Gasteiger partial charge in [-0.3, -0.25) is 0 Å². The molecule has 0 amide bonds. The van der Waals surface area contributed by atoms with Crippen LogP contribution in [0, 0.1) is 0 Å². The first kappa shape index (κ1) is 37.7. The van der Waals surface area contributed by atoms with Crippen molar-refractivity contribution in [2.24, 2.45) is 11.5 Å². The molecule has 3 saturated heterocycles. The highest BCUT2D eigenvalue weighted by atomic mass is 16.8. The molecule has 0 radical (unpaired) electrons. The van der Waals surface area contributed by atoms with E-state index in [2.05, 4.69) is 0 Å². The minimum Gasteiger partial charge on any atom is -0.395 e. The molecular weight excluding hydrogens is 604 g/mol. The number of aliphatic hydroxyl groups is 12. The third kappa shape index (κ3) is 8.00. The van der Waals surface area contributed by atoms with Crippen LogP contribution < -0.4 is 11.5 Å². The topological polar surface area (TPSA) is 350 Å². The van der Waals surface area contributed by atoms with Crippen molar-refractivity contribution in [3.8, 4) is 0 Å². The van der Waals surface area contributed by atoms with Gasteiger partial charge in [0, 0.05) is 0 Å². The zero-order valence-electron chi connectivity index (χ0n) is 23.8. The Morgan fingerprint density at radius 2 is 1.18 bits per heavy atom. The van der Waals surface area contributed by atoms with Crippen molar-refractivity contribution in [1.29, 1.82) is 0 Å². The van der Waals surface area contributed by atoms with Crippen molar-refractivity contribution in [2.75, 3.05) is 26.4 Å². The van der Waals surface area contributed by atoms with Crippen LogP contribution in [0.3, 0.4) is 0 Å². The highest BCUT2D eigenvalue weighted by Gasteiger charge is 2.54. The molecule has 3 aliphatic rings. The van der Waals surface area contributed by atoms with Crippen molar-refractivity contribution >= 4 is 0 Å². The average Bonchev–Trinajstić information content (AvgIpc) is 3.02. The molecule has 0 bridgehead atoms. The van der Waals surface area contributed by atoms with Gasteiger partial charge in [-0.2, -0.15) is 0 Å². The maximum atomic E-state index is 10.6. The molecule has 3 heterocycles. The number of rotatable bonds is 13. The van der Waals surface area contributed by atoms with Crippen LogP contribution >= 0.6 is 0 Å². The molecule has 20 nitrogen and oxygen atoms in total. The first-order valence-corrected chi connectivity index (χ1v) is 14.0. The van der Waals surface area contributed by atoms with Gasteiger partial charge in [0.25, 0.3) is 0 Å². The first-order chi connectivity index (χ1) is 20.7. The van der Waals surface area contributed by atoms with Crippen molar-refractivity contribution in [3.63, 3.8) is 0 Å². The number of hydrogen-bond acceptors (Lipinski definition) is 20. The Hall–Kier alpha value is -0.800. The SMILES string of the molecule is C[C@@H]1O[C@@H](O[C@@H]2[C@@H](N)[C@@H](O[C@@H]([C@@H](O)[C@H](O)CO)[C@@H](N)CO)O[C@H](CO)[C@H]2O[C@@H]2O[C@H](CO)[C@H](O)[C@H](O)[C@H]2O)[C@@H](O)[C@H](O)[C@@H]1O. The highest BCUT2D eigenvalue weighted by Crippen LogP contribution is 2.33. The molecule has 20 heteroatoms. The summed E-state index contributed by atoms with van der Waals surface area (Å²) in [6, 6.07) is -2.91. The zero-order chi connectivity index (χ0) is 33.0. The fourth-order valence-corrected chi connectivity index (χ4v) is 5.16. The lowest BCUT2D eigenvalue weighted by Crippen LogP contribution is -2.69. The lowest BCUT2D eigenvalue weighted by Gasteiger charge is -2.50. The van der Waals surface area contributed by atoms with E-state index in [1.165, 1.54) is 6.92 Å². The Balaban J connectivity index is 1.96. The van der Waals surface area contributed by atoms with Crippen LogP contribution in [0.25, 0.3) is 0 Å². The van der Waals surface area contributed by atoms with E-state index in [4.69, 9.17) is 39.9 Å². The Labute approximate surface area is 251 Å². The lowest BCUT2D eigenvalue weighted by molar-refractivity contribution is -0.375. The second-order valence-corrected chi connectivity index (χ2v) is 11.1. The molecule has 44 heavy (non-hydrogen) atoms. The second-order valence-electron chi connectivity index (χ2n) is 11.1. The second kappa shape index (κ2) is 16.3. The quantitative estimate of drug-likeness (QED) is 0.0879. The third-order valence-electron chi connectivity index (χ3n) is 7.95. The van der Waals surface area contributed by atoms with Crippen LogP contribution in [0.5, 0.6) is 0 Å². The smallest absolute Gasteiger partial charge is 0.187 e. The molecule has 0 unspecified atom stereocenters. The van der Waals surface area contributed by atoms with Crippen molar-refractivity contribution in [1.82, 2.24) is 0 Å². The van der Waals surface area contributed by atoms with Crippen LogP contribution in [0.4, 0.5) is 0 Å². The maximum Gasteiger partial charge on any atom is 0.187 e. The molecule has 0 spiro atoms. The Kier molecular flexibility index (Phi) is 14.0. The Bertz CT molecular complexity index is 864. The monoisotopic (exact) mass is 650 g/mol. The van der Waals surface area contributed by atoms with E-state index < -0.39 is 143 Å². The summed E-state index contributed by atoms with van der Waals surface area (Å²) in [4.78, 5) is 0. The molecule has 16 N–H and O–H groups in total. The molecule has 0 aliphatic carbocycles. The molecule has 3 rings (SSSR count). The summed E-state index contributed by atoms with van der Waals surface area (Å²) in [7, 11) is 0. The van der Waals surface area contributed by atoms with Gasteiger partial charge in [-0.1, -0.05) is 0 Å². The van der Waals surface area contributed by atoms with Gasteiger partial charge in [0.2, 0.25) is 0 Å². The summed E-state index contributed by atoms with van der Waals surface area (Å²) in [6.07, 6.45) is -28.2. The van der Waals surface area contributed by atoms with Gasteiger partial charge in [0.1, 0.15) is 79.4 Å². The summed E-state index contributed by atoms with van der Waals surface area (Å²) in [5.74, 6) is 0. The van der Waals surface area contributed by atoms with Gasteiger partial charge in [-0.15, -0.1) is 0 Å². The van der Waals surface area contributed by atoms with E-state index in [0.29, 0.717) is 0 Å². The van der Waals surface area contributed by atoms with E-state index in [-0.39, 0.29) is 0 Å². The molecule has 3 fully saturated rings. The van der Waals surface area contributed by atoms with Crippen LogP contribution in [0.2, 0.25) is 0 Å². The van der Waals surface area contributed by atoms with Crippen molar-refractivity contribution in [3.05, 3.63) is 0 Å². The van der Waals surface area contributed by atoms with Crippen LogP contribution in [-0.4, -0.2) is 204 Å². The maximum absolute atomic E-state index is 10.6. The molecule has 0 aromatic rings. The predicted molar refractivity (Wildman–Crippen MR) is 139 cm³/mol. The minimum absolute atomic E-state index is 0.770. The van der Waals surface area contributed by atoms with Crippen molar-refractivity contribution in [2.45, 2.75) is 123 Å². The van der Waals surface area contributed by atoms with Gasteiger partial charge in [0.05, 0.1) is 44.6 Å². The number of nitrogens with two attached hydrogens (primary N) is 2. The summed E-state index contributed by atoms with van der Waals surface area (Å²) in [5, 5.41) is 121. The van der Waals surface area contributed by atoms with E-state index in [1.807, 2.05) is 0 Å². The molecule has 0 aromatic carbocycles.